The van der Waals surface area contributed by atoms with E-state index in [2.05, 4.69) is 25.7 Å². The van der Waals surface area contributed by atoms with E-state index in [9.17, 15) is 4.79 Å². The Balaban J connectivity index is 1.38. The summed E-state index contributed by atoms with van der Waals surface area (Å²) >= 11 is 1.48. The van der Waals surface area contributed by atoms with Crippen molar-refractivity contribution < 1.29 is 4.79 Å². The summed E-state index contributed by atoms with van der Waals surface area (Å²) in [4.78, 5) is 12.1. The highest BCUT2D eigenvalue weighted by Crippen LogP contribution is 2.38. The average Bonchev–Trinajstić information content (AvgIpc) is 3.14. The Morgan fingerprint density at radius 1 is 1.26 bits per heavy atom. The molecule has 1 fully saturated rings. The molecule has 1 aliphatic carbocycles. The molecule has 7 heteroatoms. The number of rotatable bonds is 5. The molecule has 2 N–H and O–H groups in total. The van der Waals surface area contributed by atoms with Crippen LogP contribution in [0.15, 0.2) is 36.4 Å². The van der Waals surface area contributed by atoms with Gasteiger partial charge in [0.1, 0.15) is 15.7 Å². The lowest BCUT2D eigenvalue weighted by molar-refractivity contribution is 0.0946. The number of carbonyl (C=O) groups is 1. The van der Waals surface area contributed by atoms with Crippen LogP contribution in [-0.2, 0) is 6.54 Å². The Kier molecular flexibility index (Phi) is 3.63. The zero-order valence-electron chi connectivity index (χ0n) is 12.3. The van der Waals surface area contributed by atoms with Crippen LogP contribution < -0.4 is 5.32 Å². The van der Waals surface area contributed by atoms with Gasteiger partial charge in [-0.2, -0.15) is 5.10 Å². The van der Waals surface area contributed by atoms with E-state index in [4.69, 9.17) is 0 Å². The lowest BCUT2D eigenvalue weighted by Crippen LogP contribution is -2.23. The van der Waals surface area contributed by atoms with Crippen LogP contribution in [0.4, 0.5) is 0 Å². The molecule has 1 aliphatic rings. The second-order valence-electron chi connectivity index (χ2n) is 5.53. The van der Waals surface area contributed by atoms with Crippen molar-refractivity contribution in [3.05, 3.63) is 52.8 Å². The molecule has 4 rings (SSSR count). The Hall–Kier alpha value is -2.54. The van der Waals surface area contributed by atoms with Crippen molar-refractivity contribution in [2.75, 3.05) is 0 Å². The average molecular weight is 325 g/mol. The summed E-state index contributed by atoms with van der Waals surface area (Å²) in [5.41, 5.74) is 2.51. The van der Waals surface area contributed by atoms with Crippen molar-refractivity contribution in [1.29, 1.82) is 0 Å². The van der Waals surface area contributed by atoms with Gasteiger partial charge in [-0.3, -0.25) is 9.89 Å². The highest BCUT2D eigenvalue weighted by molar-refractivity contribution is 7.14. The minimum atomic E-state index is -0.190. The molecule has 0 unspecified atom stereocenters. The zero-order chi connectivity index (χ0) is 15.6. The molecule has 116 valence electrons. The van der Waals surface area contributed by atoms with E-state index in [0.717, 1.165) is 21.3 Å². The molecule has 0 saturated heterocycles. The molecule has 1 amide bonds. The van der Waals surface area contributed by atoms with E-state index in [1.54, 1.807) is 0 Å². The van der Waals surface area contributed by atoms with Gasteiger partial charge in [-0.1, -0.05) is 41.7 Å². The van der Waals surface area contributed by atoms with E-state index in [1.807, 2.05) is 36.4 Å². The lowest BCUT2D eigenvalue weighted by atomic mass is 10.2. The fraction of sp³-hybridized carbons (Fsp3) is 0.250. The number of H-pyrrole nitrogens is 1. The summed E-state index contributed by atoms with van der Waals surface area (Å²) in [6.45, 7) is 0.356. The van der Waals surface area contributed by atoms with Gasteiger partial charge in [-0.15, -0.1) is 10.2 Å². The van der Waals surface area contributed by atoms with Crippen molar-refractivity contribution in [3.63, 3.8) is 0 Å². The van der Waals surface area contributed by atoms with Crippen LogP contribution in [0.5, 0.6) is 0 Å². The monoisotopic (exact) mass is 325 g/mol. The minimum absolute atomic E-state index is 0.190. The molecule has 1 saturated carbocycles. The van der Waals surface area contributed by atoms with Crippen LogP contribution in [0.2, 0.25) is 0 Å². The van der Waals surface area contributed by atoms with Crippen LogP contribution in [0.1, 0.15) is 39.9 Å². The van der Waals surface area contributed by atoms with Crippen LogP contribution in [-0.4, -0.2) is 26.3 Å². The lowest BCUT2D eigenvalue weighted by Gasteiger charge is -1.98. The van der Waals surface area contributed by atoms with E-state index in [1.165, 1.54) is 24.2 Å². The third-order valence-electron chi connectivity index (χ3n) is 3.74. The maximum absolute atomic E-state index is 12.1. The molecule has 1 aromatic carbocycles. The number of amides is 1. The number of nitrogens with zero attached hydrogens (tertiary/aromatic N) is 3. The number of hydrogen-bond acceptors (Lipinski definition) is 5. The third-order valence-corrected chi connectivity index (χ3v) is 4.71. The van der Waals surface area contributed by atoms with E-state index >= 15 is 0 Å². The summed E-state index contributed by atoms with van der Waals surface area (Å²) in [5, 5.41) is 19.8. The predicted molar refractivity (Wildman–Crippen MR) is 87.1 cm³/mol. The van der Waals surface area contributed by atoms with Crippen LogP contribution in [0, 0.1) is 0 Å². The quantitative estimate of drug-likeness (QED) is 0.755. The van der Waals surface area contributed by atoms with Crippen molar-refractivity contribution in [3.8, 4) is 10.6 Å². The first-order chi connectivity index (χ1) is 11.3. The van der Waals surface area contributed by atoms with Gasteiger partial charge < -0.3 is 5.32 Å². The first-order valence-corrected chi connectivity index (χ1v) is 8.32. The maximum atomic E-state index is 12.1. The predicted octanol–water partition coefficient (Wildman–Crippen LogP) is 2.74. The molecule has 2 heterocycles. The molecular weight excluding hydrogens is 310 g/mol. The zero-order valence-corrected chi connectivity index (χ0v) is 13.1. The Bertz CT molecular complexity index is 822. The summed E-state index contributed by atoms with van der Waals surface area (Å²) in [6, 6.07) is 11.7. The largest absolute Gasteiger partial charge is 0.344 e. The van der Waals surface area contributed by atoms with Gasteiger partial charge in [0.2, 0.25) is 0 Å². The molecule has 0 spiro atoms. The van der Waals surface area contributed by atoms with Crippen molar-refractivity contribution in [2.24, 2.45) is 0 Å². The van der Waals surface area contributed by atoms with Crippen LogP contribution in [0.3, 0.4) is 0 Å². The molecule has 2 aromatic heterocycles. The Morgan fingerprint density at radius 3 is 2.87 bits per heavy atom. The number of hydrogen-bond donors (Lipinski definition) is 2. The summed E-state index contributed by atoms with van der Waals surface area (Å²) in [6.07, 6.45) is 2.35. The molecule has 0 bridgehead atoms. The number of aromatic amines is 1. The van der Waals surface area contributed by atoms with Gasteiger partial charge in [0, 0.05) is 17.2 Å². The van der Waals surface area contributed by atoms with Gasteiger partial charge in [0.15, 0.2) is 0 Å². The SMILES string of the molecule is O=C(NCc1nnc(-c2ccccc2)s1)c1cc(C2CC2)[nH]n1. The number of aromatic nitrogens is 4. The van der Waals surface area contributed by atoms with Crippen molar-refractivity contribution in [1.82, 2.24) is 25.7 Å². The van der Waals surface area contributed by atoms with Crippen LogP contribution >= 0.6 is 11.3 Å². The number of nitrogens with one attached hydrogen (secondary N) is 2. The first kappa shape index (κ1) is 14.1. The molecule has 0 atom stereocenters. The van der Waals surface area contributed by atoms with E-state index in [0.29, 0.717) is 18.2 Å². The summed E-state index contributed by atoms with van der Waals surface area (Å²) < 4.78 is 0. The summed E-state index contributed by atoms with van der Waals surface area (Å²) in [7, 11) is 0. The van der Waals surface area contributed by atoms with E-state index < -0.39 is 0 Å². The molecule has 23 heavy (non-hydrogen) atoms. The first-order valence-electron chi connectivity index (χ1n) is 7.51. The normalized spacial score (nSPS) is 13.9. The van der Waals surface area contributed by atoms with Gasteiger partial charge in [-0.25, -0.2) is 0 Å². The van der Waals surface area contributed by atoms with Gasteiger partial charge >= 0.3 is 0 Å². The summed E-state index contributed by atoms with van der Waals surface area (Å²) in [5.74, 6) is 0.366. The van der Waals surface area contributed by atoms with Crippen LogP contribution in [0.25, 0.3) is 10.6 Å². The molecule has 6 nitrogen and oxygen atoms in total. The molecule has 0 radical (unpaired) electrons. The van der Waals surface area contributed by atoms with Crippen molar-refractivity contribution in [2.45, 2.75) is 25.3 Å². The molecule has 3 aromatic rings. The second-order valence-corrected chi connectivity index (χ2v) is 6.59. The van der Waals surface area contributed by atoms with Crippen molar-refractivity contribution >= 4 is 17.2 Å². The highest BCUT2D eigenvalue weighted by atomic mass is 32.1. The standard InChI is InChI=1S/C16H15N5OS/c22-15(13-8-12(18-19-13)10-6-7-10)17-9-14-20-21-16(23-14)11-4-2-1-3-5-11/h1-5,8,10H,6-7,9H2,(H,17,22)(H,18,19). The van der Waals surface area contributed by atoms with E-state index in [-0.39, 0.29) is 5.91 Å². The minimum Gasteiger partial charge on any atom is -0.344 e. The topological polar surface area (TPSA) is 83.6 Å². The maximum Gasteiger partial charge on any atom is 0.272 e. The Morgan fingerprint density at radius 2 is 2.09 bits per heavy atom. The fourth-order valence-corrected chi connectivity index (χ4v) is 3.11. The second kappa shape index (κ2) is 5.92. The molecule has 0 aliphatic heterocycles. The highest BCUT2D eigenvalue weighted by Gasteiger charge is 2.26. The third kappa shape index (κ3) is 3.14. The fourth-order valence-electron chi connectivity index (χ4n) is 2.33. The van der Waals surface area contributed by atoms with Gasteiger partial charge in [0.25, 0.3) is 5.91 Å². The number of carbonyl (C=O) groups excluding carboxylic acids is 1. The number of benzene rings is 1. The molecular formula is C16H15N5OS. The smallest absolute Gasteiger partial charge is 0.272 e. The Labute approximate surface area is 137 Å². The van der Waals surface area contributed by atoms with Gasteiger partial charge in [0.05, 0.1) is 6.54 Å². The van der Waals surface area contributed by atoms with Gasteiger partial charge in [-0.05, 0) is 18.9 Å².